The molecule has 1 aliphatic rings. The van der Waals surface area contributed by atoms with Gasteiger partial charge in [0.25, 0.3) is 0 Å². The number of guanidine groups is 1. The fourth-order valence-corrected chi connectivity index (χ4v) is 4.20. The van der Waals surface area contributed by atoms with Gasteiger partial charge in [-0.1, -0.05) is 29.3 Å². The first-order valence-corrected chi connectivity index (χ1v) is 10.8. The summed E-state index contributed by atoms with van der Waals surface area (Å²) < 4.78 is 31.3. The minimum absolute atomic E-state index is 0. The molecule has 0 unspecified atom stereocenters. The number of aliphatic imine (C=N–C) groups is 1. The zero-order chi connectivity index (χ0) is 19.0. The normalized spacial score (nSPS) is 15.9. The van der Waals surface area contributed by atoms with Crippen LogP contribution in [0.3, 0.4) is 0 Å². The highest BCUT2D eigenvalue weighted by atomic mass is 127. The van der Waals surface area contributed by atoms with Crippen molar-refractivity contribution < 1.29 is 13.2 Å². The Morgan fingerprint density at radius 3 is 2.59 bits per heavy atom. The second-order valence-corrected chi connectivity index (χ2v) is 8.62. The average molecular weight is 551 g/mol. The highest BCUT2D eigenvalue weighted by molar-refractivity contribution is 14.0. The van der Waals surface area contributed by atoms with Gasteiger partial charge in [0, 0.05) is 36.2 Å². The second-order valence-electron chi connectivity index (χ2n) is 5.69. The van der Waals surface area contributed by atoms with Gasteiger partial charge in [-0.05, 0) is 24.6 Å². The number of nitrogens with one attached hydrogen (secondary N) is 2. The number of morpholine rings is 1. The van der Waals surface area contributed by atoms with Crippen molar-refractivity contribution in [2.75, 3.05) is 45.1 Å². The van der Waals surface area contributed by atoms with Crippen molar-refractivity contribution in [3.05, 3.63) is 33.8 Å². The number of sulfonamides is 1. The smallest absolute Gasteiger partial charge is 0.215 e. The first kappa shape index (κ1) is 24.7. The summed E-state index contributed by atoms with van der Waals surface area (Å²) >= 11 is 12.0. The van der Waals surface area contributed by atoms with Crippen molar-refractivity contribution in [3.8, 4) is 0 Å². The van der Waals surface area contributed by atoms with Gasteiger partial charge in [0.2, 0.25) is 10.0 Å². The number of ether oxygens (including phenoxy) is 1. The minimum Gasteiger partial charge on any atom is -0.379 e. The van der Waals surface area contributed by atoms with E-state index in [1.165, 1.54) is 4.31 Å². The molecule has 154 valence electrons. The van der Waals surface area contributed by atoms with E-state index < -0.39 is 10.0 Å². The quantitative estimate of drug-likeness (QED) is 0.309. The van der Waals surface area contributed by atoms with E-state index in [4.69, 9.17) is 27.9 Å². The minimum atomic E-state index is -3.30. The summed E-state index contributed by atoms with van der Waals surface area (Å²) in [7, 11) is -3.30. The molecule has 0 saturated carbocycles. The lowest BCUT2D eigenvalue weighted by molar-refractivity contribution is 0.0730. The highest BCUT2D eigenvalue weighted by Gasteiger charge is 2.23. The molecule has 0 radical (unpaired) electrons. The van der Waals surface area contributed by atoms with Crippen molar-refractivity contribution in [2.45, 2.75) is 13.5 Å². The molecule has 0 atom stereocenters. The second kappa shape index (κ2) is 12.3. The third-order valence-electron chi connectivity index (χ3n) is 3.78. The third-order valence-corrected chi connectivity index (χ3v) is 6.24. The van der Waals surface area contributed by atoms with E-state index in [2.05, 4.69) is 15.6 Å². The van der Waals surface area contributed by atoms with E-state index in [1.54, 1.807) is 12.1 Å². The number of rotatable bonds is 7. The van der Waals surface area contributed by atoms with E-state index in [1.807, 2.05) is 13.0 Å². The third kappa shape index (κ3) is 8.28. The standard InChI is InChI=1S/C16H24Cl2N4O3S.HI/c1-2-19-16(21-12-13-3-4-14(17)11-15(13)18)20-5-10-26(23,24)22-6-8-25-9-7-22;/h3-4,11H,2,5-10,12H2,1H3,(H2,19,20,21);1H. The first-order valence-electron chi connectivity index (χ1n) is 8.44. The molecule has 1 aliphatic heterocycles. The van der Waals surface area contributed by atoms with Crippen LogP contribution in [0.25, 0.3) is 0 Å². The van der Waals surface area contributed by atoms with E-state index in [0.29, 0.717) is 55.4 Å². The molecule has 2 rings (SSSR count). The molecule has 1 aromatic carbocycles. The van der Waals surface area contributed by atoms with Crippen molar-refractivity contribution in [3.63, 3.8) is 0 Å². The SMILES string of the molecule is CCNC(=NCc1ccc(Cl)cc1Cl)NCCS(=O)(=O)N1CCOCC1.I. The summed E-state index contributed by atoms with van der Waals surface area (Å²) in [6, 6.07) is 5.25. The Morgan fingerprint density at radius 2 is 1.96 bits per heavy atom. The predicted octanol–water partition coefficient (Wildman–Crippen LogP) is 2.33. The van der Waals surface area contributed by atoms with Crippen LogP contribution in [-0.4, -0.2) is 63.8 Å². The fourth-order valence-electron chi connectivity index (χ4n) is 2.41. The zero-order valence-corrected chi connectivity index (χ0v) is 19.7. The summed E-state index contributed by atoms with van der Waals surface area (Å²) in [5, 5.41) is 7.26. The lowest BCUT2D eigenvalue weighted by Crippen LogP contribution is -2.45. The van der Waals surface area contributed by atoms with Gasteiger partial charge in [-0.3, -0.25) is 0 Å². The summed E-state index contributed by atoms with van der Waals surface area (Å²) in [4.78, 5) is 4.44. The van der Waals surface area contributed by atoms with Gasteiger partial charge in [0.1, 0.15) is 0 Å². The number of nitrogens with zero attached hydrogens (tertiary/aromatic N) is 2. The van der Waals surface area contributed by atoms with Crippen LogP contribution in [0.5, 0.6) is 0 Å². The fraction of sp³-hybridized carbons (Fsp3) is 0.562. The molecule has 0 spiro atoms. The Balaban J connectivity index is 0.00000364. The largest absolute Gasteiger partial charge is 0.379 e. The molecule has 1 saturated heterocycles. The highest BCUT2D eigenvalue weighted by Crippen LogP contribution is 2.21. The summed E-state index contributed by atoms with van der Waals surface area (Å²) in [6.45, 7) is 4.93. The molecule has 27 heavy (non-hydrogen) atoms. The van der Waals surface area contributed by atoms with Gasteiger partial charge in [-0.2, -0.15) is 4.31 Å². The van der Waals surface area contributed by atoms with Crippen LogP contribution < -0.4 is 10.6 Å². The molecule has 11 heteroatoms. The maximum atomic E-state index is 12.3. The number of hydrogen-bond acceptors (Lipinski definition) is 4. The van der Waals surface area contributed by atoms with Crippen molar-refractivity contribution in [2.24, 2.45) is 4.99 Å². The van der Waals surface area contributed by atoms with Crippen molar-refractivity contribution >= 4 is 63.2 Å². The van der Waals surface area contributed by atoms with E-state index in [9.17, 15) is 8.42 Å². The molecule has 1 fully saturated rings. The van der Waals surface area contributed by atoms with Crippen LogP contribution in [0.2, 0.25) is 10.0 Å². The molecule has 0 bridgehead atoms. The van der Waals surface area contributed by atoms with Crippen LogP contribution in [0, 0.1) is 0 Å². The predicted molar refractivity (Wildman–Crippen MR) is 121 cm³/mol. The molecule has 7 nitrogen and oxygen atoms in total. The lowest BCUT2D eigenvalue weighted by Gasteiger charge is -2.26. The maximum absolute atomic E-state index is 12.3. The number of hydrogen-bond donors (Lipinski definition) is 2. The summed E-state index contributed by atoms with van der Waals surface area (Å²) in [6.07, 6.45) is 0. The Labute approximate surface area is 187 Å². The molecule has 2 N–H and O–H groups in total. The Morgan fingerprint density at radius 1 is 1.26 bits per heavy atom. The molecule has 1 heterocycles. The average Bonchev–Trinajstić information content (AvgIpc) is 2.61. The summed E-state index contributed by atoms with van der Waals surface area (Å²) in [5.74, 6) is 0.537. The first-order chi connectivity index (χ1) is 12.4. The van der Waals surface area contributed by atoms with Crippen LogP contribution in [0.15, 0.2) is 23.2 Å². The van der Waals surface area contributed by atoms with E-state index in [0.717, 1.165) is 5.56 Å². The van der Waals surface area contributed by atoms with E-state index >= 15 is 0 Å². The Hall–Kier alpha value is -0.330. The molecule has 0 amide bonds. The molecule has 0 aromatic heterocycles. The van der Waals surface area contributed by atoms with Gasteiger partial charge < -0.3 is 15.4 Å². The molecule has 0 aliphatic carbocycles. The van der Waals surface area contributed by atoms with Crippen molar-refractivity contribution in [1.82, 2.24) is 14.9 Å². The van der Waals surface area contributed by atoms with Gasteiger partial charge in [-0.25, -0.2) is 13.4 Å². The topological polar surface area (TPSA) is 83.0 Å². The van der Waals surface area contributed by atoms with Crippen LogP contribution in [0.4, 0.5) is 0 Å². The zero-order valence-electron chi connectivity index (χ0n) is 15.1. The Kier molecular flexibility index (Phi) is 11.2. The van der Waals surface area contributed by atoms with Crippen LogP contribution in [0.1, 0.15) is 12.5 Å². The van der Waals surface area contributed by atoms with Crippen LogP contribution >= 0.6 is 47.2 Å². The summed E-state index contributed by atoms with van der Waals surface area (Å²) in [5.41, 5.74) is 0.842. The van der Waals surface area contributed by atoms with Gasteiger partial charge in [0.15, 0.2) is 5.96 Å². The molecular formula is C16H25Cl2IN4O3S. The van der Waals surface area contributed by atoms with E-state index in [-0.39, 0.29) is 36.3 Å². The monoisotopic (exact) mass is 550 g/mol. The van der Waals surface area contributed by atoms with Gasteiger partial charge >= 0.3 is 0 Å². The Bertz CT molecular complexity index is 728. The molecule has 1 aromatic rings. The lowest BCUT2D eigenvalue weighted by atomic mass is 10.2. The van der Waals surface area contributed by atoms with Crippen LogP contribution in [-0.2, 0) is 21.3 Å². The maximum Gasteiger partial charge on any atom is 0.215 e. The molecular weight excluding hydrogens is 526 g/mol. The number of benzene rings is 1. The van der Waals surface area contributed by atoms with Gasteiger partial charge in [0.05, 0.1) is 25.5 Å². The number of halogens is 3. The van der Waals surface area contributed by atoms with Gasteiger partial charge in [-0.15, -0.1) is 24.0 Å². The van der Waals surface area contributed by atoms with Crippen molar-refractivity contribution in [1.29, 1.82) is 0 Å².